The molecule has 7 nitrogen and oxygen atoms in total. The summed E-state index contributed by atoms with van der Waals surface area (Å²) in [5.74, 6) is -1.36. The van der Waals surface area contributed by atoms with Gasteiger partial charge >= 0.3 is 0 Å². The van der Waals surface area contributed by atoms with Crippen LogP contribution in [0.4, 0.5) is 15.8 Å². The summed E-state index contributed by atoms with van der Waals surface area (Å²) in [5, 5.41) is 2.67. The quantitative estimate of drug-likeness (QED) is 0.774. The Hall–Kier alpha value is -2.49. The summed E-state index contributed by atoms with van der Waals surface area (Å²) in [5.41, 5.74) is 2.20. The molecule has 29 heavy (non-hydrogen) atoms. The first kappa shape index (κ1) is 21.2. The molecular formula is C20H24FN3O4S. The van der Waals surface area contributed by atoms with E-state index in [1.54, 1.807) is 19.1 Å². The Morgan fingerprint density at radius 3 is 2.48 bits per heavy atom. The Balaban J connectivity index is 1.63. The largest absolute Gasteiger partial charge is 0.378 e. The van der Waals surface area contributed by atoms with Crippen LogP contribution in [0.2, 0.25) is 0 Å². The number of ether oxygens (including phenoxy) is 1. The third kappa shape index (κ3) is 5.11. The molecule has 0 aromatic heterocycles. The molecular weight excluding hydrogens is 397 g/mol. The van der Waals surface area contributed by atoms with Gasteiger partial charge in [-0.05, 0) is 48.9 Å². The number of anilines is 2. The van der Waals surface area contributed by atoms with Crippen LogP contribution in [-0.4, -0.2) is 58.5 Å². The SMILES string of the molecule is Cc1ccc(F)c(S(=O)(=O)N(C)CC(=O)Nc2ccc(N3CCOCC3)cc2)c1. The predicted molar refractivity (Wildman–Crippen MR) is 109 cm³/mol. The van der Waals surface area contributed by atoms with Crippen LogP contribution in [0.1, 0.15) is 5.56 Å². The van der Waals surface area contributed by atoms with E-state index in [4.69, 9.17) is 4.74 Å². The summed E-state index contributed by atoms with van der Waals surface area (Å²) in [6.45, 7) is 4.22. The molecule has 0 aliphatic carbocycles. The number of nitrogens with one attached hydrogen (secondary N) is 1. The van der Waals surface area contributed by atoms with E-state index in [-0.39, 0.29) is 0 Å². The van der Waals surface area contributed by atoms with Crippen LogP contribution in [0.15, 0.2) is 47.4 Å². The number of hydrogen-bond acceptors (Lipinski definition) is 5. The summed E-state index contributed by atoms with van der Waals surface area (Å²) in [4.78, 5) is 14.0. The number of benzene rings is 2. The van der Waals surface area contributed by atoms with Crippen molar-refractivity contribution in [2.24, 2.45) is 0 Å². The molecule has 1 aliphatic heterocycles. The summed E-state index contributed by atoms with van der Waals surface area (Å²) in [7, 11) is -2.87. The number of likely N-dealkylation sites (N-methyl/N-ethyl adjacent to an activating group) is 1. The lowest BCUT2D eigenvalue weighted by molar-refractivity contribution is -0.116. The number of sulfonamides is 1. The van der Waals surface area contributed by atoms with Gasteiger partial charge in [-0.2, -0.15) is 4.31 Å². The Kier molecular flexibility index (Phi) is 6.51. The topological polar surface area (TPSA) is 79.0 Å². The third-order valence-corrected chi connectivity index (χ3v) is 6.49. The smallest absolute Gasteiger partial charge is 0.246 e. The molecule has 0 unspecified atom stereocenters. The first-order valence-corrected chi connectivity index (χ1v) is 10.7. The molecule has 3 rings (SSSR count). The number of hydrogen-bond donors (Lipinski definition) is 1. The number of carbonyl (C=O) groups excluding carboxylic acids is 1. The monoisotopic (exact) mass is 421 g/mol. The van der Waals surface area contributed by atoms with E-state index in [0.29, 0.717) is 24.5 Å². The highest BCUT2D eigenvalue weighted by Crippen LogP contribution is 2.21. The molecule has 2 aromatic rings. The second-order valence-corrected chi connectivity index (χ2v) is 8.90. The fourth-order valence-electron chi connectivity index (χ4n) is 3.04. The van der Waals surface area contributed by atoms with Crippen LogP contribution in [0.3, 0.4) is 0 Å². The molecule has 1 heterocycles. The van der Waals surface area contributed by atoms with Gasteiger partial charge in [0.1, 0.15) is 10.7 Å². The van der Waals surface area contributed by atoms with Gasteiger partial charge in [0.15, 0.2) is 0 Å². The number of morpholine rings is 1. The summed E-state index contributed by atoms with van der Waals surface area (Å²) in [6.07, 6.45) is 0. The number of aryl methyl sites for hydroxylation is 1. The average Bonchev–Trinajstić information content (AvgIpc) is 2.70. The molecule has 1 saturated heterocycles. The molecule has 9 heteroatoms. The van der Waals surface area contributed by atoms with Crippen molar-refractivity contribution in [2.45, 2.75) is 11.8 Å². The molecule has 1 N–H and O–H groups in total. The fourth-order valence-corrected chi connectivity index (χ4v) is 4.31. The third-order valence-electron chi connectivity index (χ3n) is 4.67. The molecule has 1 aliphatic rings. The minimum atomic E-state index is -4.12. The maximum absolute atomic E-state index is 14.0. The molecule has 0 saturated carbocycles. The van der Waals surface area contributed by atoms with Crippen LogP contribution in [0.25, 0.3) is 0 Å². The Morgan fingerprint density at radius 1 is 1.17 bits per heavy atom. The highest BCUT2D eigenvalue weighted by molar-refractivity contribution is 7.89. The highest BCUT2D eigenvalue weighted by atomic mass is 32.2. The number of carbonyl (C=O) groups is 1. The van der Waals surface area contributed by atoms with E-state index in [1.807, 2.05) is 12.1 Å². The standard InChI is InChI=1S/C20H24FN3O4S/c1-15-3-8-18(21)19(13-15)29(26,27)23(2)14-20(25)22-16-4-6-17(7-5-16)24-9-11-28-12-10-24/h3-8,13H,9-12,14H2,1-2H3,(H,22,25). The lowest BCUT2D eigenvalue weighted by Gasteiger charge is -2.28. The van der Waals surface area contributed by atoms with Crippen LogP contribution < -0.4 is 10.2 Å². The molecule has 1 amide bonds. The van der Waals surface area contributed by atoms with Crippen molar-refractivity contribution in [2.75, 3.05) is 50.1 Å². The Morgan fingerprint density at radius 2 is 1.83 bits per heavy atom. The summed E-state index contributed by atoms with van der Waals surface area (Å²) in [6, 6.07) is 11.2. The molecule has 2 aromatic carbocycles. The summed E-state index contributed by atoms with van der Waals surface area (Å²) < 4.78 is 45.4. The lowest BCUT2D eigenvalue weighted by atomic mass is 10.2. The van der Waals surface area contributed by atoms with Crippen LogP contribution in [-0.2, 0) is 19.6 Å². The average molecular weight is 421 g/mol. The maximum atomic E-state index is 14.0. The van der Waals surface area contributed by atoms with E-state index in [0.717, 1.165) is 29.1 Å². The molecule has 0 atom stereocenters. The van der Waals surface area contributed by atoms with Gasteiger partial charge in [0.05, 0.1) is 19.8 Å². The van der Waals surface area contributed by atoms with E-state index in [9.17, 15) is 17.6 Å². The molecule has 0 radical (unpaired) electrons. The zero-order chi connectivity index (χ0) is 21.0. The zero-order valence-electron chi connectivity index (χ0n) is 16.4. The van der Waals surface area contributed by atoms with Crippen molar-refractivity contribution >= 4 is 27.3 Å². The first-order valence-electron chi connectivity index (χ1n) is 9.22. The van der Waals surface area contributed by atoms with Gasteiger partial charge in [0, 0.05) is 31.5 Å². The zero-order valence-corrected chi connectivity index (χ0v) is 17.2. The van der Waals surface area contributed by atoms with E-state index < -0.39 is 33.2 Å². The Labute approximate surface area is 170 Å². The number of rotatable bonds is 6. The van der Waals surface area contributed by atoms with Gasteiger partial charge in [-0.3, -0.25) is 4.79 Å². The molecule has 156 valence electrons. The van der Waals surface area contributed by atoms with Crippen LogP contribution in [0.5, 0.6) is 0 Å². The fraction of sp³-hybridized carbons (Fsp3) is 0.350. The van der Waals surface area contributed by atoms with Gasteiger partial charge in [-0.15, -0.1) is 0 Å². The van der Waals surface area contributed by atoms with Gasteiger partial charge in [0.2, 0.25) is 15.9 Å². The molecule has 0 spiro atoms. The van der Waals surface area contributed by atoms with Crippen LogP contribution in [0, 0.1) is 12.7 Å². The number of amides is 1. The van der Waals surface area contributed by atoms with Crippen molar-refractivity contribution in [1.29, 1.82) is 0 Å². The van der Waals surface area contributed by atoms with Gasteiger partial charge in [0.25, 0.3) is 0 Å². The van der Waals surface area contributed by atoms with E-state index >= 15 is 0 Å². The normalized spacial score (nSPS) is 14.8. The second kappa shape index (κ2) is 8.89. The van der Waals surface area contributed by atoms with Crippen molar-refractivity contribution in [1.82, 2.24) is 4.31 Å². The highest BCUT2D eigenvalue weighted by Gasteiger charge is 2.26. The minimum Gasteiger partial charge on any atom is -0.378 e. The Bertz CT molecular complexity index is 974. The molecule has 0 bridgehead atoms. The van der Waals surface area contributed by atoms with Crippen molar-refractivity contribution in [3.05, 3.63) is 53.8 Å². The second-order valence-electron chi connectivity index (χ2n) is 6.89. The summed E-state index contributed by atoms with van der Waals surface area (Å²) >= 11 is 0. The minimum absolute atomic E-state index is 0.430. The maximum Gasteiger partial charge on any atom is 0.246 e. The van der Waals surface area contributed by atoms with Gasteiger partial charge in [-0.1, -0.05) is 6.07 Å². The van der Waals surface area contributed by atoms with Crippen molar-refractivity contribution in [3.63, 3.8) is 0 Å². The lowest BCUT2D eigenvalue weighted by Crippen LogP contribution is -2.36. The van der Waals surface area contributed by atoms with Crippen molar-refractivity contribution < 1.29 is 22.3 Å². The van der Waals surface area contributed by atoms with Crippen molar-refractivity contribution in [3.8, 4) is 0 Å². The van der Waals surface area contributed by atoms with Gasteiger partial charge < -0.3 is 15.0 Å². The number of nitrogens with zero attached hydrogens (tertiary/aromatic N) is 2. The van der Waals surface area contributed by atoms with Gasteiger partial charge in [-0.25, -0.2) is 12.8 Å². The van der Waals surface area contributed by atoms with Crippen LogP contribution >= 0.6 is 0 Å². The van der Waals surface area contributed by atoms with E-state index in [1.165, 1.54) is 19.2 Å². The predicted octanol–water partition coefficient (Wildman–Crippen LogP) is 2.23. The number of halogens is 1. The molecule has 1 fully saturated rings. The first-order chi connectivity index (χ1) is 13.8. The van der Waals surface area contributed by atoms with E-state index in [2.05, 4.69) is 10.2 Å².